The molecular weight excluding hydrogens is 569 g/mol. The summed E-state index contributed by atoms with van der Waals surface area (Å²) < 4.78 is 2.51. The highest BCUT2D eigenvalue weighted by Gasteiger charge is 2.15. The monoisotopic (exact) mass is 590 g/mol. The van der Waals surface area contributed by atoms with Crippen LogP contribution in [0.4, 0.5) is 5.69 Å². The second kappa shape index (κ2) is 10.8. The summed E-state index contributed by atoms with van der Waals surface area (Å²) in [4.78, 5) is 12.0. The molecule has 0 N–H and O–H groups in total. The Kier molecular flexibility index (Phi) is 6.38. The fourth-order valence-electron chi connectivity index (χ4n) is 6.06. The standard InChI is InChI=1S/C40H22N4S/c1-42-33-17-32(23-44-24-33)28-10-12-29(13-11-28)37-19-39-40(35-5-3-2-4-34(35)37)36-15-14-30(18-38(36)45-39)26-6-8-27(9-7-26)31-16-25(20-41)21-43-22-31/h2-19,21-24H. The van der Waals surface area contributed by atoms with Gasteiger partial charge in [-0.1, -0.05) is 84.9 Å². The molecule has 0 spiro atoms. The molecule has 0 aliphatic heterocycles. The smallest absolute Gasteiger partial charge is 0.205 e. The zero-order chi connectivity index (χ0) is 30.3. The third kappa shape index (κ3) is 4.69. The summed E-state index contributed by atoms with van der Waals surface area (Å²) in [7, 11) is 0. The first-order valence-corrected chi connectivity index (χ1v) is 15.3. The number of benzene rings is 5. The van der Waals surface area contributed by atoms with Crippen LogP contribution in [0.5, 0.6) is 0 Å². The normalized spacial score (nSPS) is 11.1. The van der Waals surface area contributed by atoms with Crippen molar-refractivity contribution in [3.8, 4) is 50.6 Å². The average Bonchev–Trinajstić information content (AvgIpc) is 3.49. The number of rotatable bonds is 4. The van der Waals surface area contributed by atoms with E-state index in [9.17, 15) is 5.26 Å². The highest BCUT2D eigenvalue weighted by Crippen LogP contribution is 2.44. The van der Waals surface area contributed by atoms with Crippen molar-refractivity contribution < 1.29 is 0 Å². The predicted octanol–water partition coefficient (Wildman–Crippen LogP) is 11.1. The number of nitrogens with zero attached hydrogens (tertiary/aromatic N) is 4. The second-order valence-electron chi connectivity index (χ2n) is 10.9. The SMILES string of the molecule is [C-]#[N+]c1cncc(-c2ccc(-c3cc4sc5cc(-c6ccc(-c7cncc(C#N)c7)cc6)ccc5c4c4ccccc34)cc2)c1. The summed E-state index contributed by atoms with van der Waals surface area (Å²) in [6.07, 6.45) is 6.76. The lowest BCUT2D eigenvalue weighted by molar-refractivity contribution is 1.30. The van der Waals surface area contributed by atoms with E-state index in [0.29, 0.717) is 11.3 Å². The zero-order valence-corrected chi connectivity index (χ0v) is 24.7. The molecule has 3 aromatic heterocycles. The molecular formula is C40H22N4S. The molecule has 0 fully saturated rings. The molecule has 208 valence electrons. The molecule has 0 saturated heterocycles. The Labute approximate surface area is 264 Å². The Morgan fingerprint density at radius 3 is 1.89 bits per heavy atom. The van der Waals surface area contributed by atoms with Crippen LogP contribution in [0, 0.1) is 17.9 Å². The van der Waals surface area contributed by atoms with Crippen molar-refractivity contribution in [3.05, 3.63) is 151 Å². The van der Waals surface area contributed by atoms with Crippen molar-refractivity contribution in [2.45, 2.75) is 0 Å². The van der Waals surface area contributed by atoms with Crippen molar-refractivity contribution in [1.82, 2.24) is 9.97 Å². The van der Waals surface area contributed by atoms with Crippen molar-refractivity contribution in [2.24, 2.45) is 0 Å². The second-order valence-corrected chi connectivity index (χ2v) is 12.0. The maximum absolute atomic E-state index is 9.24. The molecule has 5 aromatic carbocycles. The molecule has 3 heterocycles. The number of fused-ring (bicyclic) bond motifs is 5. The molecule has 0 amide bonds. The maximum atomic E-state index is 9.24. The van der Waals surface area contributed by atoms with Gasteiger partial charge in [-0.25, -0.2) is 4.85 Å². The van der Waals surface area contributed by atoms with Crippen molar-refractivity contribution in [2.75, 3.05) is 0 Å². The lowest BCUT2D eigenvalue weighted by Crippen LogP contribution is -1.85. The summed E-state index contributed by atoms with van der Waals surface area (Å²) in [5, 5.41) is 14.3. The lowest BCUT2D eigenvalue weighted by atomic mass is 9.93. The van der Waals surface area contributed by atoms with Crippen LogP contribution >= 0.6 is 11.3 Å². The van der Waals surface area contributed by atoms with Crippen molar-refractivity contribution >= 4 is 48.0 Å². The van der Waals surface area contributed by atoms with Crippen LogP contribution in [0.15, 0.2) is 134 Å². The molecule has 0 atom stereocenters. The quantitative estimate of drug-likeness (QED) is 0.192. The highest BCUT2D eigenvalue weighted by molar-refractivity contribution is 7.26. The molecule has 8 rings (SSSR count). The van der Waals surface area contributed by atoms with Crippen LogP contribution in [0.3, 0.4) is 0 Å². The van der Waals surface area contributed by atoms with Gasteiger partial charge in [-0.05, 0) is 74.0 Å². The molecule has 0 saturated carbocycles. The largest absolute Gasteiger partial charge is 0.276 e. The Morgan fingerprint density at radius 2 is 1.18 bits per heavy atom. The first kappa shape index (κ1) is 26.5. The summed E-state index contributed by atoms with van der Waals surface area (Å²) >= 11 is 1.83. The molecule has 45 heavy (non-hydrogen) atoms. The number of aromatic nitrogens is 2. The van der Waals surface area contributed by atoms with E-state index in [4.69, 9.17) is 6.57 Å². The van der Waals surface area contributed by atoms with E-state index in [2.05, 4.69) is 118 Å². The van der Waals surface area contributed by atoms with Crippen LogP contribution in [0.2, 0.25) is 0 Å². The van der Waals surface area contributed by atoms with Crippen molar-refractivity contribution in [1.29, 1.82) is 5.26 Å². The minimum absolute atomic E-state index is 0.540. The fraction of sp³-hybridized carbons (Fsp3) is 0. The molecule has 0 unspecified atom stereocenters. The number of hydrogen-bond donors (Lipinski definition) is 0. The number of thiophene rings is 1. The molecule has 8 aromatic rings. The van der Waals surface area contributed by atoms with Gasteiger partial charge in [0.15, 0.2) is 0 Å². The van der Waals surface area contributed by atoms with Crippen molar-refractivity contribution in [3.63, 3.8) is 0 Å². The molecule has 5 heteroatoms. The van der Waals surface area contributed by atoms with Gasteiger partial charge in [-0.15, -0.1) is 11.3 Å². The molecule has 0 aliphatic rings. The minimum atomic E-state index is 0.540. The number of pyridine rings is 2. The Balaban J connectivity index is 1.19. The summed E-state index contributed by atoms with van der Waals surface area (Å²) in [6.45, 7) is 7.31. The van der Waals surface area contributed by atoms with Gasteiger partial charge in [0, 0.05) is 50.5 Å². The van der Waals surface area contributed by atoms with Crippen LogP contribution in [0.25, 0.3) is 80.3 Å². The zero-order valence-electron chi connectivity index (χ0n) is 23.9. The Morgan fingerprint density at radius 1 is 0.556 bits per heavy atom. The van der Waals surface area contributed by atoms with Gasteiger partial charge in [0.1, 0.15) is 6.07 Å². The molecule has 0 radical (unpaired) electrons. The lowest BCUT2D eigenvalue weighted by Gasteiger charge is -2.10. The third-order valence-electron chi connectivity index (χ3n) is 8.28. The Bertz CT molecular complexity index is 2500. The topological polar surface area (TPSA) is 53.9 Å². The van der Waals surface area contributed by atoms with Gasteiger partial charge in [0.05, 0.1) is 12.1 Å². The van der Waals surface area contributed by atoms with E-state index >= 15 is 0 Å². The van der Waals surface area contributed by atoms with Crippen LogP contribution in [-0.2, 0) is 0 Å². The molecule has 0 aliphatic carbocycles. The molecule has 4 nitrogen and oxygen atoms in total. The first-order valence-electron chi connectivity index (χ1n) is 14.5. The first-order chi connectivity index (χ1) is 22.2. The Hall–Kier alpha value is -6.14. The van der Waals surface area contributed by atoms with E-state index in [1.165, 1.54) is 42.1 Å². The predicted molar refractivity (Wildman–Crippen MR) is 185 cm³/mol. The van der Waals surface area contributed by atoms with Gasteiger partial charge >= 0.3 is 0 Å². The number of nitriles is 1. The maximum Gasteiger partial charge on any atom is 0.205 e. The van der Waals surface area contributed by atoms with E-state index in [-0.39, 0.29) is 0 Å². The van der Waals surface area contributed by atoms with Gasteiger partial charge in [0.25, 0.3) is 0 Å². The van der Waals surface area contributed by atoms with Gasteiger partial charge in [-0.3, -0.25) is 9.97 Å². The van der Waals surface area contributed by atoms with E-state index in [0.717, 1.165) is 33.4 Å². The summed E-state index contributed by atoms with van der Waals surface area (Å²) in [5.74, 6) is 0. The molecule has 0 bridgehead atoms. The van der Waals surface area contributed by atoms with Gasteiger partial charge in [-0.2, -0.15) is 5.26 Å². The van der Waals surface area contributed by atoms with Gasteiger partial charge < -0.3 is 0 Å². The van der Waals surface area contributed by atoms with Crippen LogP contribution < -0.4 is 0 Å². The summed E-state index contributed by atoms with van der Waals surface area (Å²) in [5.41, 5.74) is 9.71. The van der Waals surface area contributed by atoms with E-state index < -0.39 is 0 Å². The highest BCUT2D eigenvalue weighted by atomic mass is 32.1. The minimum Gasteiger partial charge on any atom is -0.276 e. The number of hydrogen-bond acceptors (Lipinski definition) is 4. The fourth-order valence-corrected chi connectivity index (χ4v) is 7.26. The summed E-state index contributed by atoms with van der Waals surface area (Å²) in [6, 6.07) is 40.6. The van der Waals surface area contributed by atoms with Crippen LogP contribution in [0.1, 0.15) is 5.56 Å². The van der Waals surface area contributed by atoms with E-state index in [1.54, 1.807) is 24.8 Å². The van der Waals surface area contributed by atoms with Gasteiger partial charge in [0.2, 0.25) is 5.69 Å². The van der Waals surface area contributed by atoms with E-state index in [1.807, 2.05) is 23.5 Å². The third-order valence-corrected chi connectivity index (χ3v) is 9.38. The van der Waals surface area contributed by atoms with Crippen LogP contribution in [-0.4, -0.2) is 9.97 Å². The average molecular weight is 591 g/mol.